The van der Waals surface area contributed by atoms with Gasteiger partial charge in [-0.25, -0.2) is 18.7 Å². The summed E-state index contributed by atoms with van der Waals surface area (Å²) < 4.78 is 31.8. The number of aromatic nitrogens is 5. The number of hydrogen-bond acceptors (Lipinski definition) is 5. The highest BCUT2D eigenvalue weighted by molar-refractivity contribution is 5.71. The Morgan fingerprint density at radius 1 is 1.25 bits per heavy atom. The Bertz CT molecular complexity index is 1260. The van der Waals surface area contributed by atoms with Gasteiger partial charge in [0.25, 0.3) is 5.92 Å². The van der Waals surface area contributed by atoms with Gasteiger partial charge in [0, 0.05) is 36.5 Å². The van der Waals surface area contributed by atoms with Gasteiger partial charge in [0.15, 0.2) is 0 Å². The molecule has 0 spiro atoms. The fourth-order valence-corrected chi connectivity index (χ4v) is 4.26. The summed E-state index contributed by atoms with van der Waals surface area (Å²) in [6.45, 7) is 2.63. The molecule has 4 heterocycles. The fourth-order valence-electron chi connectivity index (χ4n) is 4.26. The zero-order valence-corrected chi connectivity index (χ0v) is 17.7. The van der Waals surface area contributed by atoms with Gasteiger partial charge >= 0.3 is 0 Å². The maximum absolute atomic E-state index is 14.0. The van der Waals surface area contributed by atoms with Crippen molar-refractivity contribution in [1.82, 2.24) is 24.1 Å². The molecule has 7 nitrogen and oxygen atoms in total. The molecular formula is C23H24F2N6O. The van der Waals surface area contributed by atoms with E-state index in [2.05, 4.69) is 20.4 Å². The van der Waals surface area contributed by atoms with Crippen LogP contribution in [0.2, 0.25) is 0 Å². The lowest BCUT2D eigenvalue weighted by molar-refractivity contribution is -0.000686. The summed E-state index contributed by atoms with van der Waals surface area (Å²) in [4.78, 5) is 9.05. The number of nitrogens with zero attached hydrogens (tertiary/aromatic N) is 5. The third kappa shape index (κ3) is 3.62. The molecule has 0 amide bonds. The van der Waals surface area contributed by atoms with Crippen LogP contribution < -0.4 is 5.32 Å². The van der Waals surface area contributed by atoms with Crippen molar-refractivity contribution in [3.8, 4) is 22.5 Å². The van der Waals surface area contributed by atoms with Crippen LogP contribution >= 0.6 is 0 Å². The van der Waals surface area contributed by atoms with Crippen molar-refractivity contribution in [1.29, 1.82) is 0 Å². The molecule has 0 bridgehead atoms. The van der Waals surface area contributed by atoms with E-state index in [1.807, 2.05) is 40.5 Å². The summed E-state index contributed by atoms with van der Waals surface area (Å²) in [6, 6.07) is 6.27. The maximum atomic E-state index is 14.0. The van der Waals surface area contributed by atoms with Gasteiger partial charge in [-0.1, -0.05) is 6.07 Å². The van der Waals surface area contributed by atoms with E-state index >= 15 is 0 Å². The van der Waals surface area contributed by atoms with E-state index in [4.69, 9.17) is 0 Å². The molecule has 1 atom stereocenters. The first-order valence-corrected chi connectivity index (χ1v) is 10.7. The number of aliphatic hydroxyl groups is 1. The third-order valence-corrected chi connectivity index (χ3v) is 6.02. The first-order valence-electron chi connectivity index (χ1n) is 10.7. The van der Waals surface area contributed by atoms with Crippen LogP contribution in [-0.2, 0) is 13.2 Å². The van der Waals surface area contributed by atoms with Gasteiger partial charge in [-0.05, 0) is 43.5 Å². The number of imidazole rings is 1. The van der Waals surface area contributed by atoms with Crippen LogP contribution in [0.1, 0.15) is 31.7 Å². The van der Waals surface area contributed by atoms with E-state index < -0.39 is 12.0 Å². The van der Waals surface area contributed by atoms with Gasteiger partial charge < -0.3 is 10.4 Å². The van der Waals surface area contributed by atoms with Gasteiger partial charge in [0.1, 0.15) is 11.5 Å². The third-order valence-electron chi connectivity index (χ3n) is 6.02. The Morgan fingerprint density at radius 2 is 2.12 bits per heavy atom. The molecule has 4 aromatic rings. The second-order valence-corrected chi connectivity index (χ2v) is 8.09. The number of pyridine rings is 2. The number of hydrogen-bond donors (Lipinski definition) is 2. The van der Waals surface area contributed by atoms with Gasteiger partial charge in [-0.2, -0.15) is 5.10 Å². The minimum atomic E-state index is -2.72. The molecule has 1 saturated carbocycles. The molecule has 0 radical (unpaired) electrons. The molecule has 166 valence electrons. The van der Waals surface area contributed by atoms with E-state index in [0.29, 0.717) is 30.0 Å². The number of aliphatic hydroxyl groups excluding tert-OH is 1. The number of alkyl halides is 2. The Labute approximate surface area is 183 Å². The average Bonchev–Trinajstić information content (AvgIpc) is 3.51. The van der Waals surface area contributed by atoms with Crippen LogP contribution in [0.4, 0.5) is 14.6 Å². The largest absolute Gasteiger partial charge is 0.392 e. The van der Waals surface area contributed by atoms with E-state index in [1.165, 1.54) is 0 Å². The lowest BCUT2D eigenvalue weighted by atomic mass is 10.1. The molecule has 9 heteroatoms. The van der Waals surface area contributed by atoms with E-state index in [-0.39, 0.29) is 13.0 Å². The second kappa shape index (κ2) is 7.98. The summed E-state index contributed by atoms with van der Waals surface area (Å²) in [7, 11) is 0. The molecule has 1 aliphatic rings. The highest BCUT2D eigenvalue weighted by Gasteiger charge is 2.43. The fraction of sp³-hybridized carbons (Fsp3) is 0.348. The van der Waals surface area contributed by atoms with E-state index in [1.54, 1.807) is 24.5 Å². The SMILES string of the molecule is CCn1cc(-c2cn3c(-c4cccc(NC5CCCC5(F)F)n4)cnc3cc2CO)cn1. The van der Waals surface area contributed by atoms with Crippen molar-refractivity contribution in [2.75, 3.05) is 5.32 Å². The zero-order valence-electron chi connectivity index (χ0n) is 17.7. The quantitative estimate of drug-likeness (QED) is 0.467. The number of halogens is 2. The van der Waals surface area contributed by atoms with Crippen molar-refractivity contribution in [2.45, 2.75) is 51.3 Å². The average molecular weight is 438 g/mol. The van der Waals surface area contributed by atoms with Crippen molar-refractivity contribution in [2.24, 2.45) is 0 Å². The highest BCUT2D eigenvalue weighted by Crippen LogP contribution is 2.37. The molecule has 4 aromatic heterocycles. The lowest BCUT2D eigenvalue weighted by Crippen LogP contribution is -2.34. The first-order chi connectivity index (χ1) is 15.5. The Kier molecular flexibility index (Phi) is 5.13. The molecule has 0 aromatic carbocycles. The number of aryl methyl sites for hydroxylation is 1. The van der Waals surface area contributed by atoms with Gasteiger partial charge in [-0.3, -0.25) is 9.08 Å². The normalized spacial score (nSPS) is 17.8. The monoisotopic (exact) mass is 438 g/mol. The minimum Gasteiger partial charge on any atom is -0.392 e. The number of fused-ring (bicyclic) bond motifs is 1. The van der Waals surface area contributed by atoms with E-state index in [0.717, 1.165) is 28.9 Å². The summed E-state index contributed by atoms with van der Waals surface area (Å²) in [5.41, 5.74) is 4.50. The van der Waals surface area contributed by atoms with Crippen LogP contribution in [0.25, 0.3) is 28.2 Å². The molecule has 5 rings (SSSR count). The second-order valence-electron chi connectivity index (χ2n) is 8.09. The summed E-state index contributed by atoms with van der Waals surface area (Å²) >= 11 is 0. The molecule has 0 aliphatic heterocycles. The maximum Gasteiger partial charge on any atom is 0.267 e. The number of nitrogens with one attached hydrogen (secondary N) is 1. The molecule has 0 saturated heterocycles. The Balaban J connectivity index is 1.54. The number of anilines is 1. The van der Waals surface area contributed by atoms with Crippen molar-refractivity contribution in [3.05, 3.63) is 54.6 Å². The lowest BCUT2D eigenvalue weighted by Gasteiger charge is -2.21. The van der Waals surface area contributed by atoms with Crippen molar-refractivity contribution < 1.29 is 13.9 Å². The molecular weight excluding hydrogens is 414 g/mol. The first kappa shape index (κ1) is 20.6. The summed E-state index contributed by atoms with van der Waals surface area (Å²) in [6.07, 6.45) is 8.14. The standard InChI is InChI=1S/C23H24F2N6O/c1-2-30-12-16(10-27-30)17-13-31-19(11-26-22(31)9-15(17)14-32)18-5-3-7-21(28-18)29-20-6-4-8-23(20,24)25/h3,5,7,9-13,20,32H,2,4,6,8,14H2,1H3,(H,28,29). The topological polar surface area (TPSA) is 80.3 Å². The molecule has 1 unspecified atom stereocenters. The molecule has 1 aliphatic carbocycles. The molecule has 1 fully saturated rings. The smallest absolute Gasteiger partial charge is 0.267 e. The van der Waals surface area contributed by atoms with E-state index in [9.17, 15) is 13.9 Å². The summed E-state index contributed by atoms with van der Waals surface area (Å²) in [5, 5.41) is 17.1. The van der Waals surface area contributed by atoms with Crippen LogP contribution in [0.3, 0.4) is 0 Å². The Morgan fingerprint density at radius 3 is 2.84 bits per heavy atom. The predicted molar refractivity (Wildman–Crippen MR) is 117 cm³/mol. The van der Waals surface area contributed by atoms with Gasteiger partial charge in [0.05, 0.1) is 36.4 Å². The zero-order chi connectivity index (χ0) is 22.3. The van der Waals surface area contributed by atoms with Crippen LogP contribution in [0.15, 0.2) is 49.1 Å². The molecule has 2 N–H and O–H groups in total. The van der Waals surface area contributed by atoms with Crippen molar-refractivity contribution >= 4 is 11.5 Å². The predicted octanol–water partition coefficient (Wildman–Crippen LogP) is 4.37. The van der Waals surface area contributed by atoms with Crippen LogP contribution in [0, 0.1) is 0 Å². The number of rotatable bonds is 6. The summed E-state index contributed by atoms with van der Waals surface area (Å²) in [5.74, 6) is -2.31. The highest BCUT2D eigenvalue weighted by atomic mass is 19.3. The Hall–Kier alpha value is -3.33. The van der Waals surface area contributed by atoms with Gasteiger partial charge in [0.2, 0.25) is 0 Å². The van der Waals surface area contributed by atoms with Crippen LogP contribution in [0.5, 0.6) is 0 Å². The van der Waals surface area contributed by atoms with Crippen LogP contribution in [-0.4, -0.2) is 41.2 Å². The minimum absolute atomic E-state index is 0.0950. The van der Waals surface area contributed by atoms with Crippen molar-refractivity contribution in [3.63, 3.8) is 0 Å². The van der Waals surface area contributed by atoms with Gasteiger partial charge in [-0.15, -0.1) is 0 Å². The molecule has 32 heavy (non-hydrogen) atoms.